The van der Waals surface area contributed by atoms with E-state index in [4.69, 9.17) is 4.42 Å². The molecule has 104 valence electrons. The van der Waals surface area contributed by atoms with Crippen molar-refractivity contribution in [2.45, 2.75) is 19.4 Å². The highest BCUT2D eigenvalue weighted by atomic mass is 16.4. The molecule has 2 N–H and O–H groups in total. The third-order valence-electron chi connectivity index (χ3n) is 2.89. The van der Waals surface area contributed by atoms with Gasteiger partial charge in [-0.15, -0.1) is 0 Å². The van der Waals surface area contributed by atoms with Gasteiger partial charge >= 0.3 is 5.97 Å². The van der Waals surface area contributed by atoms with Crippen LogP contribution in [0.4, 0.5) is 0 Å². The van der Waals surface area contributed by atoms with Gasteiger partial charge in [-0.25, -0.2) is 4.79 Å². The smallest absolute Gasteiger partial charge is 0.330 e. The number of aliphatic carboxylic acids is 1. The zero-order valence-corrected chi connectivity index (χ0v) is 11.0. The first-order valence-corrected chi connectivity index (χ1v) is 6.29. The number of carbonyl (C=O) groups excluding carboxylic acids is 1. The van der Waals surface area contributed by atoms with Gasteiger partial charge in [0.15, 0.2) is 11.8 Å². The second-order valence-corrected chi connectivity index (χ2v) is 4.27. The zero-order chi connectivity index (χ0) is 14.5. The summed E-state index contributed by atoms with van der Waals surface area (Å²) in [6.45, 7) is 1.91. The van der Waals surface area contributed by atoms with Crippen LogP contribution < -0.4 is 5.32 Å². The van der Waals surface area contributed by atoms with Crippen LogP contribution >= 0.6 is 0 Å². The van der Waals surface area contributed by atoms with Crippen LogP contribution in [0.2, 0.25) is 0 Å². The van der Waals surface area contributed by atoms with E-state index in [-0.39, 0.29) is 5.76 Å². The fraction of sp³-hybridized carbons (Fsp3) is 0.200. The van der Waals surface area contributed by atoms with E-state index in [0.29, 0.717) is 17.7 Å². The number of rotatable bonds is 5. The maximum atomic E-state index is 12.0. The summed E-state index contributed by atoms with van der Waals surface area (Å²) in [5, 5.41) is 11.7. The molecule has 2 aromatic rings. The molecule has 1 aromatic carbocycles. The summed E-state index contributed by atoms with van der Waals surface area (Å²) in [5.74, 6) is -0.862. The Kier molecular flexibility index (Phi) is 4.20. The Hall–Kier alpha value is -2.56. The van der Waals surface area contributed by atoms with E-state index in [9.17, 15) is 14.7 Å². The quantitative estimate of drug-likeness (QED) is 0.876. The summed E-state index contributed by atoms with van der Waals surface area (Å²) in [6, 6.07) is 10.7. The topological polar surface area (TPSA) is 79.5 Å². The number of aryl methyl sites for hydroxylation is 1. The number of carboxylic acids is 1. The van der Waals surface area contributed by atoms with Crippen molar-refractivity contribution in [3.05, 3.63) is 59.5 Å². The lowest BCUT2D eigenvalue weighted by molar-refractivity contribution is -0.139. The largest absolute Gasteiger partial charge is 0.479 e. The van der Waals surface area contributed by atoms with Gasteiger partial charge < -0.3 is 14.8 Å². The highest BCUT2D eigenvalue weighted by molar-refractivity contribution is 5.94. The molecule has 0 bridgehead atoms. The Morgan fingerprint density at radius 1 is 1.20 bits per heavy atom. The number of furan rings is 1. The molecular weight excluding hydrogens is 258 g/mol. The number of nitrogens with one attached hydrogen (secondary N) is 1. The normalized spacial score (nSPS) is 11.8. The first-order chi connectivity index (χ1) is 9.61. The standard InChI is InChI=1S/C15H15NO4/c1-2-11-8-9-12(20-11)14(17)16-13(15(18)19)10-6-4-3-5-7-10/h3-9,13H,2H2,1H3,(H,16,17)(H,18,19)/t13-/m0/s1. The van der Waals surface area contributed by atoms with Crippen LogP contribution in [-0.2, 0) is 11.2 Å². The van der Waals surface area contributed by atoms with Gasteiger partial charge in [0, 0.05) is 6.42 Å². The van der Waals surface area contributed by atoms with Crippen molar-refractivity contribution in [3.63, 3.8) is 0 Å². The average Bonchev–Trinajstić information content (AvgIpc) is 2.94. The number of benzene rings is 1. The molecule has 0 saturated carbocycles. The number of hydrogen-bond donors (Lipinski definition) is 2. The second kappa shape index (κ2) is 6.06. The molecule has 0 aliphatic rings. The highest BCUT2D eigenvalue weighted by Crippen LogP contribution is 2.15. The maximum absolute atomic E-state index is 12.0. The first-order valence-electron chi connectivity index (χ1n) is 6.29. The molecule has 0 saturated heterocycles. The maximum Gasteiger partial charge on any atom is 0.330 e. The fourth-order valence-corrected chi connectivity index (χ4v) is 1.83. The molecule has 1 amide bonds. The van der Waals surface area contributed by atoms with E-state index in [2.05, 4.69) is 5.32 Å². The van der Waals surface area contributed by atoms with Gasteiger partial charge in [-0.3, -0.25) is 4.79 Å². The van der Waals surface area contributed by atoms with Gasteiger partial charge in [-0.05, 0) is 17.7 Å². The van der Waals surface area contributed by atoms with Gasteiger partial charge in [0.2, 0.25) is 0 Å². The minimum atomic E-state index is -1.12. The molecule has 0 fully saturated rings. The molecule has 1 atom stereocenters. The van der Waals surface area contributed by atoms with Crippen LogP contribution in [0.3, 0.4) is 0 Å². The number of hydrogen-bond acceptors (Lipinski definition) is 3. The molecule has 0 unspecified atom stereocenters. The van der Waals surface area contributed by atoms with Crippen LogP contribution in [0.25, 0.3) is 0 Å². The summed E-state index contributed by atoms with van der Waals surface area (Å²) in [7, 11) is 0. The van der Waals surface area contributed by atoms with E-state index in [1.807, 2.05) is 6.92 Å². The number of carbonyl (C=O) groups is 2. The molecule has 0 spiro atoms. The molecule has 0 aliphatic carbocycles. The SMILES string of the molecule is CCc1ccc(C(=O)N[C@H](C(=O)O)c2ccccc2)o1. The Bertz CT molecular complexity index is 603. The predicted molar refractivity (Wildman–Crippen MR) is 72.4 cm³/mol. The lowest BCUT2D eigenvalue weighted by atomic mass is 10.1. The molecule has 1 aromatic heterocycles. The van der Waals surface area contributed by atoms with Crippen molar-refractivity contribution < 1.29 is 19.1 Å². The summed E-state index contributed by atoms with van der Waals surface area (Å²) >= 11 is 0. The Labute approximate surface area is 116 Å². The van der Waals surface area contributed by atoms with Gasteiger partial charge in [-0.2, -0.15) is 0 Å². The van der Waals surface area contributed by atoms with Crippen LogP contribution in [0.1, 0.15) is 34.8 Å². The highest BCUT2D eigenvalue weighted by Gasteiger charge is 2.23. The average molecular weight is 273 g/mol. The van der Waals surface area contributed by atoms with Gasteiger partial charge in [0.1, 0.15) is 5.76 Å². The second-order valence-electron chi connectivity index (χ2n) is 4.27. The number of carboxylic acid groups (broad SMARTS) is 1. The van der Waals surface area contributed by atoms with Crippen LogP contribution in [0.5, 0.6) is 0 Å². The fourth-order valence-electron chi connectivity index (χ4n) is 1.83. The van der Waals surface area contributed by atoms with Gasteiger partial charge in [0.25, 0.3) is 5.91 Å². The molecule has 20 heavy (non-hydrogen) atoms. The van der Waals surface area contributed by atoms with Crippen molar-refractivity contribution >= 4 is 11.9 Å². The van der Waals surface area contributed by atoms with Crippen molar-refractivity contribution in [1.82, 2.24) is 5.32 Å². The molecule has 1 heterocycles. The van der Waals surface area contributed by atoms with Crippen molar-refractivity contribution in [3.8, 4) is 0 Å². The Morgan fingerprint density at radius 2 is 1.90 bits per heavy atom. The van der Waals surface area contributed by atoms with Gasteiger partial charge in [-0.1, -0.05) is 37.3 Å². The Balaban J connectivity index is 2.16. The lowest BCUT2D eigenvalue weighted by Crippen LogP contribution is -2.33. The molecule has 5 nitrogen and oxygen atoms in total. The van der Waals surface area contributed by atoms with Gasteiger partial charge in [0.05, 0.1) is 0 Å². The summed E-state index contributed by atoms with van der Waals surface area (Å²) in [6.07, 6.45) is 0.675. The van der Waals surface area contributed by atoms with Crippen molar-refractivity contribution in [2.24, 2.45) is 0 Å². The summed E-state index contributed by atoms with van der Waals surface area (Å²) in [4.78, 5) is 23.3. The van der Waals surface area contributed by atoms with E-state index >= 15 is 0 Å². The van der Waals surface area contributed by atoms with Crippen molar-refractivity contribution in [1.29, 1.82) is 0 Å². The summed E-state index contributed by atoms with van der Waals surface area (Å²) < 4.78 is 5.31. The van der Waals surface area contributed by atoms with Crippen LogP contribution in [-0.4, -0.2) is 17.0 Å². The third kappa shape index (κ3) is 3.06. The monoisotopic (exact) mass is 273 g/mol. The molecule has 0 aliphatic heterocycles. The van der Waals surface area contributed by atoms with E-state index in [1.165, 1.54) is 6.07 Å². The molecule has 5 heteroatoms. The lowest BCUT2D eigenvalue weighted by Gasteiger charge is -2.13. The summed E-state index contributed by atoms with van der Waals surface area (Å²) in [5.41, 5.74) is 0.510. The van der Waals surface area contributed by atoms with E-state index in [1.54, 1.807) is 36.4 Å². The third-order valence-corrected chi connectivity index (χ3v) is 2.89. The zero-order valence-electron chi connectivity index (χ0n) is 11.0. The minimum absolute atomic E-state index is 0.115. The van der Waals surface area contributed by atoms with E-state index in [0.717, 1.165) is 0 Å². The minimum Gasteiger partial charge on any atom is -0.479 e. The van der Waals surface area contributed by atoms with Crippen LogP contribution in [0.15, 0.2) is 46.9 Å². The van der Waals surface area contributed by atoms with Crippen molar-refractivity contribution in [2.75, 3.05) is 0 Å². The van der Waals surface area contributed by atoms with E-state index < -0.39 is 17.9 Å². The molecule has 0 radical (unpaired) electrons. The first kappa shape index (κ1) is 13.9. The Morgan fingerprint density at radius 3 is 2.45 bits per heavy atom. The van der Waals surface area contributed by atoms with Crippen LogP contribution in [0, 0.1) is 0 Å². The molecular formula is C15H15NO4. The molecule has 2 rings (SSSR count). The number of amides is 1. The predicted octanol–water partition coefficient (Wildman–Crippen LogP) is 2.40.